The van der Waals surface area contributed by atoms with Crippen LogP contribution < -0.4 is 0 Å². The van der Waals surface area contributed by atoms with Gasteiger partial charge in [-0.3, -0.25) is 4.57 Å². The summed E-state index contributed by atoms with van der Waals surface area (Å²) in [5, 5.41) is -0.683. The van der Waals surface area contributed by atoms with Gasteiger partial charge in [0, 0.05) is 35.5 Å². The quantitative estimate of drug-likeness (QED) is 0.181. The minimum Gasteiger partial charge on any atom is -0.278 e. The Balaban J connectivity index is 1.40. The van der Waals surface area contributed by atoms with Gasteiger partial charge in [0.2, 0.25) is 5.95 Å². The summed E-state index contributed by atoms with van der Waals surface area (Å²) in [5.74, 6) is -0.206. The first-order valence-electron chi connectivity index (χ1n) is 24.5. The molecule has 4 nitrogen and oxygen atoms in total. The second kappa shape index (κ2) is 11.7. The number of rotatable bonds is 5. The fourth-order valence-corrected chi connectivity index (χ4v) is 6.84. The van der Waals surface area contributed by atoms with E-state index in [0.29, 0.717) is 11.1 Å². The van der Waals surface area contributed by atoms with Gasteiger partial charge < -0.3 is 0 Å². The van der Waals surface area contributed by atoms with Crippen LogP contribution in [0.1, 0.15) is 46.8 Å². The van der Waals surface area contributed by atoms with E-state index >= 15 is 0 Å². The largest absolute Gasteiger partial charge is 0.278 e. The monoisotopic (exact) mass is 682 g/mol. The van der Waals surface area contributed by atoms with Gasteiger partial charge in [-0.25, -0.2) is 4.98 Å². The Morgan fingerprint density at radius 1 is 0.500 bits per heavy atom. The zero-order chi connectivity index (χ0) is 48.5. The fourth-order valence-electron chi connectivity index (χ4n) is 6.84. The predicted molar refractivity (Wildman–Crippen MR) is 213 cm³/mol. The van der Waals surface area contributed by atoms with E-state index in [9.17, 15) is 5.48 Å². The van der Waals surface area contributed by atoms with Crippen molar-refractivity contribution in [2.75, 3.05) is 0 Å². The molecule has 9 aromatic rings. The van der Waals surface area contributed by atoms with E-state index in [1.165, 1.54) is 0 Å². The zero-order valence-electron chi connectivity index (χ0n) is 43.2. The molecule has 0 bridgehead atoms. The smallest absolute Gasteiger partial charge is 0.238 e. The van der Waals surface area contributed by atoms with E-state index in [1.807, 2.05) is 84.9 Å². The SMILES string of the molecule is [2H]c1c([2H])c([2H])c2c(c1[2H])-c1c(c([2H])c3c(c1[2H])c1c([2H])c([2H])c([2H])c([2H])c1n3-c1nc(-c3cccc(-c4ccccc4)c3)nc(-c3cccc(-c4ccccc4)c3)n1)C2(C([2H])([2H])[2H])C([2H])([2H])[2H]. The summed E-state index contributed by atoms with van der Waals surface area (Å²) < 4.78 is 146. The number of aromatic nitrogens is 4. The molecular formula is C48H34N4. The second-order valence-corrected chi connectivity index (χ2v) is 12.5. The van der Waals surface area contributed by atoms with Crippen molar-refractivity contribution >= 4 is 21.8 Å². The lowest BCUT2D eigenvalue weighted by Gasteiger charge is -2.21. The number of benzene rings is 7. The molecule has 0 aliphatic heterocycles. The van der Waals surface area contributed by atoms with Gasteiger partial charge in [0.05, 0.1) is 24.7 Å². The van der Waals surface area contributed by atoms with E-state index in [2.05, 4.69) is 0 Å². The van der Waals surface area contributed by atoms with Gasteiger partial charge in [0.25, 0.3) is 0 Å². The van der Waals surface area contributed by atoms with Gasteiger partial charge in [-0.2, -0.15) is 9.97 Å². The third kappa shape index (κ3) is 4.79. The molecule has 0 saturated carbocycles. The minimum atomic E-state index is -3.66. The van der Waals surface area contributed by atoms with Gasteiger partial charge in [-0.05, 0) is 74.8 Å². The Bertz CT molecular complexity index is 3490. The minimum absolute atomic E-state index is 0.0675. The van der Waals surface area contributed by atoms with Crippen molar-refractivity contribution in [3.8, 4) is 62.1 Å². The van der Waals surface area contributed by atoms with E-state index < -0.39 is 107 Å². The van der Waals surface area contributed by atoms with E-state index in [-0.39, 0.29) is 33.9 Å². The molecule has 4 heteroatoms. The number of nitrogens with zero attached hydrogens (tertiary/aromatic N) is 4. The first-order valence-corrected chi connectivity index (χ1v) is 16.5. The van der Waals surface area contributed by atoms with Gasteiger partial charge >= 0.3 is 0 Å². The van der Waals surface area contributed by atoms with Crippen molar-refractivity contribution in [1.29, 1.82) is 0 Å². The molecule has 0 N–H and O–H groups in total. The van der Waals surface area contributed by atoms with Crippen LogP contribution in [0.5, 0.6) is 0 Å². The van der Waals surface area contributed by atoms with Crippen molar-refractivity contribution in [3.63, 3.8) is 0 Å². The van der Waals surface area contributed by atoms with Crippen LogP contribution in [0.25, 0.3) is 83.9 Å². The summed E-state index contributed by atoms with van der Waals surface area (Å²) in [6.45, 7) is -7.32. The van der Waals surface area contributed by atoms with Crippen LogP contribution in [0.2, 0.25) is 0 Å². The molecule has 2 aromatic heterocycles. The van der Waals surface area contributed by atoms with Crippen molar-refractivity contribution in [3.05, 3.63) is 181 Å². The van der Waals surface area contributed by atoms with Crippen LogP contribution in [0.4, 0.5) is 0 Å². The molecule has 0 radical (unpaired) electrons. The molecule has 0 saturated heterocycles. The maximum absolute atomic E-state index is 10.1. The van der Waals surface area contributed by atoms with Crippen molar-refractivity contribution < 1.29 is 21.9 Å². The third-order valence-corrected chi connectivity index (χ3v) is 9.31. The molecule has 1 aliphatic carbocycles. The van der Waals surface area contributed by atoms with Crippen LogP contribution >= 0.6 is 0 Å². The summed E-state index contributed by atoms with van der Waals surface area (Å²) >= 11 is 0. The number of hydrogen-bond acceptors (Lipinski definition) is 3. The first kappa shape index (κ1) is 18.0. The van der Waals surface area contributed by atoms with Crippen LogP contribution in [0, 0.1) is 0 Å². The van der Waals surface area contributed by atoms with Crippen LogP contribution in [-0.2, 0) is 5.41 Å². The average molecular weight is 683 g/mol. The predicted octanol–water partition coefficient (Wildman–Crippen LogP) is 11.9. The van der Waals surface area contributed by atoms with Crippen molar-refractivity contribution in [2.24, 2.45) is 0 Å². The maximum Gasteiger partial charge on any atom is 0.238 e. The second-order valence-electron chi connectivity index (χ2n) is 12.5. The highest BCUT2D eigenvalue weighted by Gasteiger charge is 2.36. The molecule has 0 spiro atoms. The Hall–Kier alpha value is -6.65. The molecule has 2 heterocycles. The molecule has 10 rings (SSSR count). The zero-order valence-corrected chi connectivity index (χ0v) is 27.2. The first-order chi connectivity index (χ1) is 32.2. The molecule has 0 fully saturated rings. The Morgan fingerprint density at radius 3 is 1.73 bits per heavy atom. The number of hydrogen-bond donors (Lipinski definition) is 0. The highest BCUT2D eigenvalue weighted by molar-refractivity contribution is 6.11. The molecular weight excluding hydrogens is 633 g/mol. The standard InChI is InChI=1S/C48H34N4/c1-48(2)41-25-11-9-23-37(41)39-29-40-38-24-10-12-26-43(38)52(44(40)30-42(39)48)47-50-45(35-21-13-19-33(27-35)31-15-5-3-6-16-31)49-46(51-47)36-22-14-20-34(28-36)32-17-7-4-8-18-32/h3-30H,1-2H3/i1D3,2D3,9D,10D,11D,12D,23D,24D,25D,26D,29D,30D. The topological polar surface area (TPSA) is 43.6 Å². The third-order valence-electron chi connectivity index (χ3n) is 9.31. The highest BCUT2D eigenvalue weighted by atomic mass is 15.2. The summed E-state index contributed by atoms with van der Waals surface area (Å²) in [5.41, 5.74) is -2.67. The van der Waals surface area contributed by atoms with Crippen LogP contribution in [-0.4, -0.2) is 19.5 Å². The summed E-state index contributed by atoms with van der Waals surface area (Å²) in [6, 6.07) is 25.7. The van der Waals surface area contributed by atoms with Gasteiger partial charge in [-0.1, -0.05) is 153 Å². The molecule has 52 heavy (non-hydrogen) atoms. The molecule has 246 valence electrons. The number of fused-ring (bicyclic) bond motifs is 6. The van der Waals surface area contributed by atoms with Crippen molar-refractivity contribution in [2.45, 2.75) is 19.1 Å². The highest BCUT2D eigenvalue weighted by Crippen LogP contribution is 2.51. The lowest BCUT2D eigenvalue weighted by atomic mass is 9.82. The fraction of sp³-hybridized carbons (Fsp3) is 0.0625. The normalized spacial score (nSPS) is 17.8. The van der Waals surface area contributed by atoms with Gasteiger partial charge in [-0.15, -0.1) is 0 Å². The maximum atomic E-state index is 10.1. The molecule has 0 unspecified atom stereocenters. The summed E-state index contributed by atoms with van der Waals surface area (Å²) in [4.78, 5) is 14.8. The van der Waals surface area contributed by atoms with E-state index in [0.717, 1.165) is 26.8 Å². The summed E-state index contributed by atoms with van der Waals surface area (Å²) in [6.07, 6.45) is 0. The Labute approximate surface area is 325 Å². The average Bonchev–Trinajstić information content (AvgIpc) is 3.88. The molecule has 7 aromatic carbocycles. The Morgan fingerprint density at radius 2 is 1.08 bits per heavy atom. The van der Waals surface area contributed by atoms with Crippen LogP contribution in [0.15, 0.2) is 170 Å². The number of para-hydroxylation sites is 1. The molecule has 0 amide bonds. The van der Waals surface area contributed by atoms with Crippen LogP contribution in [0.3, 0.4) is 0 Å². The van der Waals surface area contributed by atoms with E-state index in [4.69, 9.17) is 31.4 Å². The van der Waals surface area contributed by atoms with Crippen molar-refractivity contribution in [1.82, 2.24) is 19.5 Å². The lowest BCUT2D eigenvalue weighted by molar-refractivity contribution is 0.661. The van der Waals surface area contributed by atoms with Gasteiger partial charge in [0.15, 0.2) is 11.6 Å². The van der Waals surface area contributed by atoms with E-state index in [1.54, 1.807) is 24.3 Å². The lowest BCUT2D eigenvalue weighted by Crippen LogP contribution is -2.15. The summed E-state index contributed by atoms with van der Waals surface area (Å²) in [7, 11) is 0. The van der Waals surface area contributed by atoms with Gasteiger partial charge in [0.1, 0.15) is 0 Å². The molecule has 1 aliphatic rings. The Kier molecular flexibility index (Phi) is 4.06. The molecule has 0 atom stereocenters.